The van der Waals surface area contributed by atoms with Crippen LogP contribution in [0.5, 0.6) is 11.5 Å². The van der Waals surface area contributed by atoms with E-state index in [0.717, 1.165) is 31.6 Å². The molecule has 2 aliphatic rings. The van der Waals surface area contributed by atoms with Crippen LogP contribution in [0.1, 0.15) is 55.5 Å². The van der Waals surface area contributed by atoms with Gasteiger partial charge in [-0.25, -0.2) is 4.39 Å². The van der Waals surface area contributed by atoms with Crippen molar-refractivity contribution in [1.82, 2.24) is 4.90 Å². The summed E-state index contributed by atoms with van der Waals surface area (Å²) in [4.78, 5) is 15.2. The predicted molar refractivity (Wildman–Crippen MR) is 109 cm³/mol. The van der Waals surface area contributed by atoms with Crippen molar-refractivity contribution in [3.8, 4) is 11.5 Å². The number of fused-ring (bicyclic) bond motifs is 1. The number of methoxy groups -OCH3 is 2. The Hall–Kier alpha value is -1.88. The Kier molecular flexibility index (Phi) is 6.43. The maximum atomic E-state index is 15.5. The minimum Gasteiger partial charge on any atom is -0.493 e. The molecule has 1 aromatic rings. The van der Waals surface area contributed by atoms with Gasteiger partial charge in [0.1, 0.15) is 5.67 Å². The Labute approximate surface area is 167 Å². The molecular formula is C23H32FNO3. The van der Waals surface area contributed by atoms with Crippen molar-refractivity contribution >= 4 is 5.78 Å². The average Bonchev–Trinajstić information content (AvgIpc) is 3.00. The summed E-state index contributed by atoms with van der Waals surface area (Å²) in [5.74, 6) is 0.922. The fraction of sp³-hybridized carbons (Fsp3) is 0.609. The number of ether oxygens (including phenoxy) is 2. The molecule has 1 saturated heterocycles. The molecule has 1 unspecified atom stereocenters. The van der Waals surface area contributed by atoms with Crippen LogP contribution in [-0.4, -0.2) is 50.2 Å². The zero-order valence-electron chi connectivity index (χ0n) is 17.5. The van der Waals surface area contributed by atoms with E-state index in [2.05, 4.69) is 24.8 Å². The van der Waals surface area contributed by atoms with Crippen LogP contribution in [0.3, 0.4) is 0 Å². The van der Waals surface area contributed by atoms with Crippen molar-refractivity contribution in [2.45, 2.75) is 51.6 Å². The van der Waals surface area contributed by atoms with Crippen LogP contribution in [0.2, 0.25) is 0 Å². The SMILES string of the molecule is CC=C(CC)CN1CCC(F)(CC2Cc3cc(OC)c(OC)cc3C2=O)CC1. The molecule has 1 heterocycles. The zero-order valence-corrected chi connectivity index (χ0v) is 17.5. The number of hydrogen-bond acceptors (Lipinski definition) is 4. The molecule has 0 saturated carbocycles. The molecular weight excluding hydrogens is 357 g/mol. The lowest BCUT2D eigenvalue weighted by molar-refractivity contribution is 0.0387. The standard InChI is InChI=1S/C23H32FNO3/c1-5-16(6-2)15-25-9-7-23(24,8-10-25)14-18-11-17-12-20(27-3)21(28-4)13-19(17)22(18)26/h5,12-13,18H,6-11,14-15H2,1-4H3. The normalized spacial score (nSPS) is 22.2. The first-order valence-electron chi connectivity index (χ1n) is 10.3. The van der Waals surface area contributed by atoms with Gasteiger partial charge >= 0.3 is 0 Å². The molecule has 0 N–H and O–H groups in total. The van der Waals surface area contributed by atoms with E-state index in [1.807, 2.05) is 6.07 Å². The Balaban J connectivity index is 1.64. The van der Waals surface area contributed by atoms with Gasteiger partial charge in [-0.15, -0.1) is 0 Å². The van der Waals surface area contributed by atoms with Crippen LogP contribution < -0.4 is 9.47 Å². The minimum atomic E-state index is -1.25. The number of likely N-dealkylation sites (tertiary alicyclic amines) is 1. The Morgan fingerprint density at radius 2 is 1.89 bits per heavy atom. The van der Waals surface area contributed by atoms with Crippen LogP contribution in [0.25, 0.3) is 0 Å². The highest BCUT2D eigenvalue weighted by atomic mass is 19.1. The van der Waals surface area contributed by atoms with Gasteiger partial charge in [0, 0.05) is 31.1 Å². The molecule has 0 spiro atoms. The first kappa shape index (κ1) is 20.8. The highest BCUT2D eigenvalue weighted by Crippen LogP contribution is 2.41. The third kappa shape index (κ3) is 4.24. The van der Waals surface area contributed by atoms with Crippen molar-refractivity contribution in [1.29, 1.82) is 0 Å². The van der Waals surface area contributed by atoms with Crippen molar-refractivity contribution in [2.75, 3.05) is 33.9 Å². The van der Waals surface area contributed by atoms with Crippen molar-refractivity contribution in [3.63, 3.8) is 0 Å². The molecule has 4 nitrogen and oxygen atoms in total. The second-order valence-electron chi connectivity index (χ2n) is 8.06. The summed E-state index contributed by atoms with van der Waals surface area (Å²) in [5, 5.41) is 0. The van der Waals surface area contributed by atoms with E-state index in [1.54, 1.807) is 20.3 Å². The van der Waals surface area contributed by atoms with E-state index >= 15 is 4.39 Å². The number of ketones is 1. The van der Waals surface area contributed by atoms with E-state index in [9.17, 15) is 4.79 Å². The van der Waals surface area contributed by atoms with Crippen LogP contribution in [0.15, 0.2) is 23.8 Å². The number of alkyl halides is 1. The Morgan fingerprint density at radius 1 is 1.25 bits per heavy atom. The fourth-order valence-electron chi connectivity index (χ4n) is 4.51. The number of rotatable bonds is 7. The first-order chi connectivity index (χ1) is 13.4. The monoisotopic (exact) mass is 389 g/mol. The molecule has 1 fully saturated rings. The number of hydrogen-bond donors (Lipinski definition) is 0. The third-order valence-corrected chi connectivity index (χ3v) is 6.37. The summed E-state index contributed by atoms with van der Waals surface area (Å²) < 4.78 is 26.2. The van der Waals surface area contributed by atoms with E-state index in [4.69, 9.17) is 9.47 Å². The van der Waals surface area contributed by atoms with Gasteiger partial charge in [0.2, 0.25) is 0 Å². The summed E-state index contributed by atoms with van der Waals surface area (Å²) >= 11 is 0. The van der Waals surface area contributed by atoms with E-state index in [-0.39, 0.29) is 11.7 Å². The van der Waals surface area contributed by atoms with E-state index in [1.165, 1.54) is 5.57 Å². The smallest absolute Gasteiger partial charge is 0.166 e. The van der Waals surface area contributed by atoms with Crippen LogP contribution in [0.4, 0.5) is 4.39 Å². The van der Waals surface area contributed by atoms with Gasteiger partial charge in [-0.2, -0.15) is 0 Å². The van der Waals surface area contributed by atoms with Gasteiger partial charge in [-0.3, -0.25) is 9.69 Å². The summed E-state index contributed by atoms with van der Waals surface area (Å²) in [6, 6.07) is 3.61. The quantitative estimate of drug-likeness (QED) is 0.639. The number of piperidine rings is 1. The molecule has 3 rings (SSSR count). The summed E-state index contributed by atoms with van der Waals surface area (Å²) in [7, 11) is 3.14. The maximum absolute atomic E-state index is 15.5. The largest absolute Gasteiger partial charge is 0.493 e. The van der Waals surface area contributed by atoms with Crippen molar-refractivity contribution in [2.24, 2.45) is 5.92 Å². The highest BCUT2D eigenvalue weighted by molar-refractivity contribution is 6.03. The lowest BCUT2D eigenvalue weighted by Gasteiger charge is -2.37. The first-order valence-corrected chi connectivity index (χ1v) is 10.3. The van der Waals surface area contributed by atoms with Gasteiger partial charge in [0.15, 0.2) is 17.3 Å². The number of allylic oxidation sites excluding steroid dienone is 1. The topological polar surface area (TPSA) is 38.8 Å². The number of carbonyl (C=O) groups excluding carboxylic acids is 1. The minimum absolute atomic E-state index is 0.0394. The van der Waals surface area contributed by atoms with Crippen LogP contribution in [-0.2, 0) is 6.42 Å². The van der Waals surface area contributed by atoms with Gasteiger partial charge in [-0.05, 0) is 56.7 Å². The molecule has 1 atom stereocenters. The van der Waals surface area contributed by atoms with Crippen molar-refractivity contribution in [3.05, 3.63) is 34.9 Å². The lowest BCUT2D eigenvalue weighted by atomic mass is 9.82. The number of Topliss-reactive ketones (excluding diaryl/α,β-unsaturated/α-hetero) is 1. The van der Waals surface area contributed by atoms with Crippen molar-refractivity contribution < 1.29 is 18.7 Å². The van der Waals surface area contributed by atoms with E-state index < -0.39 is 5.67 Å². The second-order valence-corrected chi connectivity index (χ2v) is 8.06. The molecule has 5 heteroatoms. The molecule has 1 aliphatic heterocycles. The molecule has 0 radical (unpaired) electrons. The highest BCUT2D eigenvalue weighted by Gasteiger charge is 2.41. The summed E-state index contributed by atoms with van der Waals surface area (Å²) in [6.45, 7) is 6.66. The van der Waals surface area contributed by atoms with Crippen LogP contribution in [0, 0.1) is 5.92 Å². The molecule has 0 bridgehead atoms. The average molecular weight is 390 g/mol. The lowest BCUT2D eigenvalue weighted by Crippen LogP contribution is -2.43. The molecule has 1 aromatic carbocycles. The summed E-state index contributed by atoms with van der Waals surface area (Å²) in [6.07, 6.45) is 5.09. The van der Waals surface area contributed by atoms with E-state index in [0.29, 0.717) is 42.7 Å². The molecule has 154 valence electrons. The predicted octanol–water partition coefficient (Wildman–Crippen LogP) is 4.61. The molecule has 1 aliphatic carbocycles. The van der Waals surface area contributed by atoms with Gasteiger partial charge in [0.05, 0.1) is 14.2 Å². The number of halogens is 1. The zero-order chi connectivity index (χ0) is 20.3. The summed E-state index contributed by atoms with van der Waals surface area (Å²) in [5.41, 5.74) is 1.74. The number of benzene rings is 1. The fourth-order valence-corrected chi connectivity index (χ4v) is 4.51. The number of carbonyl (C=O) groups is 1. The molecule has 0 amide bonds. The van der Waals surface area contributed by atoms with Crippen LogP contribution >= 0.6 is 0 Å². The maximum Gasteiger partial charge on any atom is 0.166 e. The molecule has 28 heavy (non-hydrogen) atoms. The Morgan fingerprint density at radius 3 is 2.46 bits per heavy atom. The Bertz CT molecular complexity index is 750. The van der Waals surface area contributed by atoms with Gasteiger partial charge in [-0.1, -0.05) is 18.6 Å². The van der Waals surface area contributed by atoms with Gasteiger partial charge in [0.25, 0.3) is 0 Å². The third-order valence-electron chi connectivity index (χ3n) is 6.37. The number of nitrogens with zero attached hydrogens (tertiary/aromatic N) is 1. The molecule has 0 aromatic heterocycles. The van der Waals surface area contributed by atoms with Gasteiger partial charge < -0.3 is 9.47 Å². The second kappa shape index (κ2) is 8.64.